The fraction of sp³-hybridized carbons (Fsp3) is 0.625. The molecule has 0 spiro atoms. The first-order valence-corrected chi connectivity index (χ1v) is 8.69. The van der Waals surface area contributed by atoms with Gasteiger partial charge in [0.25, 0.3) is 0 Å². The lowest BCUT2D eigenvalue weighted by atomic mass is 9.85. The van der Waals surface area contributed by atoms with Crippen LogP contribution in [0.4, 0.5) is 0 Å². The van der Waals surface area contributed by atoms with Gasteiger partial charge >= 0.3 is 0 Å². The summed E-state index contributed by atoms with van der Waals surface area (Å²) < 4.78 is 27.6. The number of nitrogens with one attached hydrogen (secondary N) is 1. The Hall–Kier alpha value is -0.870. The van der Waals surface area contributed by atoms with Crippen LogP contribution >= 0.6 is 0 Å². The highest BCUT2D eigenvalue weighted by molar-refractivity contribution is 7.89. The molecule has 0 unspecified atom stereocenters. The number of rotatable bonds is 5. The minimum atomic E-state index is -3.42. The molecule has 0 saturated carbocycles. The van der Waals surface area contributed by atoms with Gasteiger partial charge in [0.2, 0.25) is 10.0 Å². The van der Waals surface area contributed by atoms with Gasteiger partial charge in [-0.25, -0.2) is 13.1 Å². The van der Waals surface area contributed by atoms with Gasteiger partial charge in [-0.1, -0.05) is 40.2 Å². The van der Waals surface area contributed by atoms with E-state index in [-0.39, 0.29) is 5.41 Å². The molecule has 1 N–H and O–H groups in total. The molecule has 0 bridgehead atoms. The molecular weight excluding hydrogens is 270 g/mol. The zero-order chi connectivity index (χ0) is 15.6. The van der Waals surface area contributed by atoms with Crippen LogP contribution in [0.1, 0.15) is 57.2 Å². The summed E-state index contributed by atoms with van der Waals surface area (Å²) in [5.74, 6) is 0. The van der Waals surface area contributed by atoms with Crippen LogP contribution in [0.25, 0.3) is 0 Å². The standard InChI is InChI=1S/C16H27NO2S/c1-7-8-9-17-20(18,19)15-11-14(16(4,5)6)10-12(2)13(15)3/h10-11,17H,7-9H2,1-6H3. The monoisotopic (exact) mass is 297 g/mol. The van der Waals surface area contributed by atoms with Crippen LogP contribution in [0.15, 0.2) is 17.0 Å². The third-order valence-corrected chi connectivity index (χ3v) is 5.18. The Labute approximate surface area is 123 Å². The first kappa shape index (κ1) is 17.2. The van der Waals surface area contributed by atoms with Gasteiger partial charge in [0.15, 0.2) is 0 Å². The predicted octanol–water partition coefficient (Wildman–Crippen LogP) is 3.68. The third-order valence-electron chi connectivity index (χ3n) is 3.60. The van der Waals surface area contributed by atoms with Gasteiger partial charge in [-0.05, 0) is 48.4 Å². The van der Waals surface area contributed by atoms with Crippen molar-refractivity contribution < 1.29 is 8.42 Å². The molecule has 0 aromatic heterocycles. The lowest BCUT2D eigenvalue weighted by Gasteiger charge is -2.22. The van der Waals surface area contributed by atoms with E-state index in [1.54, 1.807) is 0 Å². The second-order valence-electron chi connectivity index (χ2n) is 6.42. The summed E-state index contributed by atoms with van der Waals surface area (Å²) in [4.78, 5) is 0.415. The summed E-state index contributed by atoms with van der Waals surface area (Å²) in [6.07, 6.45) is 1.83. The highest BCUT2D eigenvalue weighted by atomic mass is 32.2. The van der Waals surface area contributed by atoms with Crippen molar-refractivity contribution >= 4 is 10.0 Å². The Kier molecular flexibility index (Phi) is 5.39. The van der Waals surface area contributed by atoms with Crippen LogP contribution in [-0.4, -0.2) is 15.0 Å². The van der Waals surface area contributed by atoms with E-state index in [9.17, 15) is 8.42 Å². The lowest BCUT2D eigenvalue weighted by Crippen LogP contribution is -2.26. The van der Waals surface area contributed by atoms with Crippen molar-refractivity contribution in [3.63, 3.8) is 0 Å². The highest BCUT2D eigenvalue weighted by Gasteiger charge is 2.22. The maximum Gasteiger partial charge on any atom is 0.240 e. The molecule has 1 aromatic carbocycles. The summed E-state index contributed by atoms with van der Waals surface area (Å²) >= 11 is 0. The number of benzene rings is 1. The van der Waals surface area contributed by atoms with Crippen molar-refractivity contribution in [1.29, 1.82) is 0 Å². The number of hydrogen-bond donors (Lipinski definition) is 1. The molecule has 0 saturated heterocycles. The number of sulfonamides is 1. The summed E-state index contributed by atoms with van der Waals surface area (Å²) in [5, 5.41) is 0. The molecular formula is C16H27NO2S. The first-order chi connectivity index (χ1) is 9.09. The molecule has 0 aliphatic carbocycles. The second kappa shape index (κ2) is 6.27. The Morgan fingerprint density at radius 2 is 1.75 bits per heavy atom. The molecule has 0 radical (unpaired) electrons. The van der Waals surface area contributed by atoms with Crippen LogP contribution in [0, 0.1) is 13.8 Å². The average Bonchev–Trinajstić information content (AvgIpc) is 2.31. The van der Waals surface area contributed by atoms with Crippen molar-refractivity contribution in [2.24, 2.45) is 0 Å². The van der Waals surface area contributed by atoms with E-state index < -0.39 is 10.0 Å². The molecule has 114 valence electrons. The normalized spacial score (nSPS) is 12.7. The zero-order valence-corrected chi connectivity index (χ0v) is 14.3. The fourth-order valence-electron chi connectivity index (χ4n) is 2.00. The van der Waals surface area contributed by atoms with Crippen molar-refractivity contribution in [3.8, 4) is 0 Å². The van der Waals surface area contributed by atoms with Gasteiger partial charge in [0.05, 0.1) is 4.90 Å². The molecule has 0 aliphatic heterocycles. The summed E-state index contributed by atoms with van der Waals surface area (Å²) in [7, 11) is -3.42. The highest BCUT2D eigenvalue weighted by Crippen LogP contribution is 2.28. The predicted molar refractivity (Wildman–Crippen MR) is 84.7 cm³/mol. The molecule has 1 aromatic rings. The van der Waals surface area contributed by atoms with Gasteiger partial charge in [0, 0.05) is 6.54 Å². The van der Waals surface area contributed by atoms with Crippen molar-refractivity contribution in [1.82, 2.24) is 4.72 Å². The van der Waals surface area contributed by atoms with Crippen LogP contribution in [0.3, 0.4) is 0 Å². The van der Waals surface area contributed by atoms with Gasteiger partial charge in [0.1, 0.15) is 0 Å². The molecule has 0 amide bonds. The van der Waals surface area contributed by atoms with Crippen molar-refractivity contribution in [3.05, 3.63) is 28.8 Å². The number of unbranched alkanes of at least 4 members (excludes halogenated alkanes) is 1. The van der Waals surface area contributed by atoms with Gasteiger partial charge in [-0.2, -0.15) is 0 Å². The Morgan fingerprint density at radius 3 is 2.25 bits per heavy atom. The van der Waals surface area contributed by atoms with E-state index in [1.807, 2.05) is 26.8 Å². The van der Waals surface area contributed by atoms with E-state index >= 15 is 0 Å². The topological polar surface area (TPSA) is 46.2 Å². The molecule has 3 nitrogen and oxygen atoms in total. The van der Waals surface area contributed by atoms with Crippen LogP contribution in [0.5, 0.6) is 0 Å². The molecule has 4 heteroatoms. The molecule has 0 aliphatic rings. The van der Waals surface area contributed by atoms with Gasteiger partial charge in [-0.3, -0.25) is 0 Å². The van der Waals surface area contributed by atoms with E-state index in [0.29, 0.717) is 11.4 Å². The van der Waals surface area contributed by atoms with Gasteiger partial charge in [-0.15, -0.1) is 0 Å². The molecule has 0 heterocycles. The van der Waals surface area contributed by atoms with Crippen molar-refractivity contribution in [2.45, 2.75) is 64.7 Å². The SMILES string of the molecule is CCCCNS(=O)(=O)c1cc(C(C)(C)C)cc(C)c1C. The Bertz CT molecular complexity index is 569. The van der Waals surface area contributed by atoms with E-state index in [2.05, 4.69) is 31.6 Å². The largest absolute Gasteiger partial charge is 0.240 e. The van der Waals surface area contributed by atoms with Crippen LogP contribution < -0.4 is 4.72 Å². The number of aryl methyl sites for hydroxylation is 1. The van der Waals surface area contributed by atoms with Gasteiger partial charge < -0.3 is 0 Å². The molecule has 0 fully saturated rings. The molecule has 0 atom stereocenters. The molecule has 1 rings (SSSR count). The summed E-state index contributed by atoms with van der Waals surface area (Å²) in [5.41, 5.74) is 2.85. The maximum absolute atomic E-state index is 12.4. The average molecular weight is 297 g/mol. The minimum absolute atomic E-state index is 0.0633. The summed E-state index contributed by atoms with van der Waals surface area (Å²) in [6.45, 7) is 12.7. The van der Waals surface area contributed by atoms with Crippen molar-refractivity contribution in [2.75, 3.05) is 6.54 Å². The fourth-order valence-corrected chi connectivity index (χ4v) is 3.41. The quantitative estimate of drug-likeness (QED) is 0.843. The van der Waals surface area contributed by atoms with Crippen LogP contribution in [0.2, 0.25) is 0 Å². The lowest BCUT2D eigenvalue weighted by molar-refractivity contribution is 0.572. The first-order valence-electron chi connectivity index (χ1n) is 7.21. The second-order valence-corrected chi connectivity index (χ2v) is 8.15. The summed E-state index contributed by atoms with van der Waals surface area (Å²) in [6, 6.07) is 3.90. The maximum atomic E-state index is 12.4. The Balaban J connectivity index is 3.26. The third kappa shape index (κ3) is 4.06. The van der Waals surface area contributed by atoms with E-state index in [1.165, 1.54) is 0 Å². The zero-order valence-electron chi connectivity index (χ0n) is 13.5. The minimum Gasteiger partial charge on any atom is -0.211 e. The van der Waals surface area contributed by atoms with E-state index in [4.69, 9.17) is 0 Å². The number of hydrogen-bond acceptors (Lipinski definition) is 2. The smallest absolute Gasteiger partial charge is 0.211 e. The van der Waals surface area contributed by atoms with Crippen LogP contribution in [-0.2, 0) is 15.4 Å². The van der Waals surface area contributed by atoms with E-state index in [0.717, 1.165) is 29.5 Å². The molecule has 20 heavy (non-hydrogen) atoms. The Morgan fingerprint density at radius 1 is 1.15 bits per heavy atom.